The number of hydrogen-bond donors (Lipinski definition) is 1. The van der Waals surface area contributed by atoms with Crippen molar-refractivity contribution in [3.8, 4) is 5.69 Å². The van der Waals surface area contributed by atoms with Crippen LogP contribution < -0.4 is 4.90 Å². The van der Waals surface area contributed by atoms with E-state index in [9.17, 15) is 9.90 Å². The molecule has 0 aliphatic rings. The van der Waals surface area contributed by atoms with Crippen molar-refractivity contribution in [2.75, 3.05) is 11.4 Å². The largest absolute Gasteiger partial charge is 0.476 e. The van der Waals surface area contributed by atoms with Crippen LogP contribution in [0.5, 0.6) is 0 Å². The Kier molecular flexibility index (Phi) is 5.00. The summed E-state index contributed by atoms with van der Waals surface area (Å²) in [4.78, 5) is 14.8. The number of carboxylic acid groups (broad SMARTS) is 1. The van der Waals surface area contributed by atoms with Crippen LogP contribution in [0.4, 0.5) is 5.82 Å². The van der Waals surface area contributed by atoms with Crippen LogP contribution >= 0.6 is 11.6 Å². The molecule has 1 heterocycles. The van der Waals surface area contributed by atoms with Crippen LogP contribution in [0, 0.1) is 0 Å². The lowest BCUT2D eigenvalue weighted by Crippen LogP contribution is -2.24. The quantitative estimate of drug-likeness (QED) is 0.730. The second-order valence-corrected chi connectivity index (χ2v) is 5.88. The topological polar surface area (TPSA) is 71.2 Å². The maximum atomic E-state index is 11.6. The lowest BCUT2D eigenvalue weighted by Gasteiger charge is -2.20. The van der Waals surface area contributed by atoms with E-state index in [2.05, 4.69) is 10.2 Å². The molecule has 0 bridgehead atoms. The highest BCUT2D eigenvalue weighted by molar-refractivity contribution is 6.30. The van der Waals surface area contributed by atoms with Crippen molar-refractivity contribution in [3.05, 3.63) is 70.9 Å². The fourth-order valence-electron chi connectivity index (χ4n) is 2.51. The molecule has 0 aliphatic carbocycles. The standard InChI is InChI=1S/C18H17ClN4O2/c1-2-22(12-13-7-4-3-5-8-13)17-16(18(24)25)20-23(21-17)15-10-6-9-14(19)11-15/h3-11H,2,12H2,1H3,(H,24,25). The number of benzene rings is 2. The number of aromatic carboxylic acids is 1. The first kappa shape index (κ1) is 17.0. The molecule has 0 unspecified atom stereocenters. The molecule has 1 aromatic heterocycles. The second kappa shape index (κ2) is 7.36. The zero-order valence-corrected chi connectivity index (χ0v) is 14.4. The first-order valence-electron chi connectivity index (χ1n) is 7.84. The monoisotopic (exact) mass is 356 g/mol. The van der Waals surface area contributed by atoms with Crippen molar-refractivity contribution < 1.29 is 9.90 Å². The van der Waals surface area contributed by atoms with Crippen LogP contribution in [-0.4, -0.2) is 32.6 Å². The van der Waals surface area contributed by atoms with Gasteiger partial charge in [-0.05, 0) is 30.7 Å². The van der Waals surface area contributed by atoms with Crippen molar-refractivity contribution in [2.24, 2.45) is 0 Å². The summed E-state index contributed by atoms with van der Waals surface area (Å²) in [6.07, 6.45) is 0. The minimum atomic E-state index is -1.12. The Bertz CT molecular complexity index is 880. The van der Waals surface area contributed by atoms with Gasteiger partial charge >= 0.3 is 5.97 Å². The Hall–Kier alpha value is -2.86. The third-order valence-corrected chi connectivity index (χ3v) is 3.97. The predicted octanol–water partition coefficient (Wildman–Crippen LogP) is 3.65. The predicted molar refractivity (Wildman–Crippen MR) is 96.5 cm³/mol. The Labute approximate surface area is 150 Å². The van der Waals surface area contributed by atoms with Crippen molar-refractivity contribution in [3.63, 3.8) is 0 Å². The molecule has 7 heteroatoms. The highest BCUT2D eigenvalue weighted by atomic mass is 35.5. The van der Waals surface area contributed by atoms with E-state index in [1.54, 1.807) is 24.3 Å². The average Bonchev–Trinajstić information content (AvgIpc) is 3.06. The summed E-state index contributed by atoms with van der Waals surface area (Å²) in [5.41, 5.74) is 1.59. The summed E-state index contributed by atoms with van der Waals surface area (Å²) in [6, 6.07) is 16.8. The molecule has 0 saturated carbocycles. The molecule has 128 valence electrons. The molecule has 0 saturated heterocycles. The second-order valence-electron chi connectivity index (χ2n) is 5.45. The van der Waals surface area contributed by atoms with Crippen LogP contribution in [0.25, 0.3) is 5.69 Å². The van der Waals surface area contributed by atoms with Gasteiger partial charge in [0.2, 0.25) is 5.69 Å². The van der Waals surface area contributed by atoms with Crippen molar-refractivity contribution in [1.29, 1.82) is 0 Å². The van der Waals surface area contributed by atoms with Gasteiger partial charge in [0.1, 0.15) is 0 Å². The van der Waals surface area contributed by atoms with Gasteiger partial charge in [-0.15, -0.1) is 15.0 Å². The Balaban J connectivity index is 2.00. The Morgan fingerprint density at radius 1 is 1.16 bits per heavy atom. The SMILES string of the molecule is CCN(Cc1ccccc1)c1nn(-c2cccc(Cl)c2)nc1C(=O)O. The smallest absolute Gasteiger partial charge is 0.360 e. The van der Waals surface area contributed by atoms with Gasteiger partial charge in [0.15, 0.2) is 5.82 Å². The first-order valence-corrected chi connectivity index (χ1v) is 8.21. The summed E-state index contributed by atoms with van der Waals surface area (Å²) < 4.78 is 0. The van der Waals surface area contributed by atoms with E-state index >= 15 is 0 Å². The first-order chi connectivity index (χ1) is 12.1. The van der Waals surface area contributed by atoms with E-state index in [1.165, 1.54) is 4.80 Å². The van der Waals surface area contributed by atoms with Gasteiger partial charge < -0.3 is 10.0 Å². The summed E-state index contributed by atoms with van der Waals surface area (Å²) in [5, 5.41) is 18.6. The van der Waals surface area contributed by atoms with Crippen molar-refractivity contribution in [1.82, 2.24) is 15.0 Å². The number of rotatable bonds is 6. The molecule has 0 radical (unpaired) electrons. The van der Waals surface area contributed by atoms with Crippen molar-refractivity contribution in [2.45, 2.75) is 13.5 Å². The molecule has 0 fully saturated rings. The average molecular weight is 357 g/mol. The number of halogens is 1. The van der Waals surface area contributed by atoms with E-state index < -0.39 is 5.97 Å². The van der Waals surface area contributed by atoms with Crippen LogP contribution in [0.1, 0.15) is 23.0 Å². The van der Waals surface area contributed by atoms with E-state index in [1.807, 2.05) is 42.2 Å². The maximum absolute atomic E-state index is 11.6. The minimum Gasteiger partial charge on any atom is -0.476 e. The van der Waals surface area contributed by atoms with Gasteiger partial charge in [0, 0.05) is 18.1 Å². The number of carbonyl (C=O) groups is 1. The molecule has 6 nitrogen and oxygen atoms in total. The number of anilines is 1. The van der Waals surface area contributed by atoms with Gasteiger partial charge in [-0.25, -0.2) is 4.79 Å². The summed E-state index contributed by atoms with van der Waals surface area (Å²) in [6.45, 7) is 3.10. The minimum absolute atomic E-state index is 0.0854. The highest BCUT2D eigenvalue weighted by Gasteiger charge is 2.23. The molecule has 2 aromatic carbocycles. The molecule has 3 rings (SSSR count). The molecular formula is C18H17ClN4O2. The third-order valence-electron chi connectivity index (χ3n) is 3.74. The van der Waals surface area contributed by atoms with Crippen LogP contribution in [0.3, 0.4) is 0 Å². The van der Waals surface area contributed by atoms with Gasteiger partial charge in [0.25, 0.3) is 0 Å². The Morgan fingerprint density at radius 2 is 1.92 bits per heavy atom. The van der Waals surface area contributed by atoms with E-state index in [4.69, 9.17) is 11.6 Å². The highest BCUT2D eigenvalue weighted by Crippen LogP contribution is 2.21. The summed E-state index contributed by atoms with van der Waals surface area (Å²) >= 11 is 6.01. The lowest BCUT2D eigenvalue weighted by molar-refractivity contribution is 0.0690. The number of hydrogen-bond acceptors (Lipinski definition) is 4. The maximum Gasteiger partial charge on any atom is 0.360 e. The molecule has 25 heavy (non-hydrogen) atoms. The van der Waals surface area contributed by atoms with Gasteiger partial charge in [-0.1, -0.05) is 48.0 Å². The van der Waals surface area contributed by atoms with Crippen LogP contribution in [0.2, 0.25) is 5.02 Å². The zero-order chi connectivity index (χ0) is 17.8. The zero-order valence-electron chi connectivity index (χ0n) is 13.6. The van der Waals surface area contributed by atoms with Gasteiger partial charge in [0.05, 0.1) is 5.69 Å². The van der Waals surface area contributed by atoms with Gasteiger partial charge in [-0.3, -0.25) is 0 Å². The fourth-order valence-corrected chi connectivity index (χ4v) is 2.69. The molecule has 0 aliphatic heterocycles. The molecule has 0 amide bonds. The molecular weight excluding hydrogens is 340 g/mol. The fraction of sp³-hybridized carbons (Fsp3) is 0.167. The van der Waals surface area contributed by atoms with Gasteiger partial charge in [-0.2, -0.15) is 0 Å². The number of carboxylic acids is 1. The normalized spacial score (nSPS) is 10.6. The van der Waals surface area contributed by atoms with Crippen LogP contribution in [0.15, 0.2) is 54.6 Å². The summed E-state index contributed by atoms with van der Waals surface area (Å²) in [7, 11) is 0. The van der Waals surface area contributed by atoms with E-state index in [-0.39, 0.29) is 5.69 Å². The van der Waals surface area contributed by atoms with Crippen molar-refractivity contribution >= 4 is 23.4 Å². The van der Waals surface area contributed by atoms with E-state index in [0.29, 0.717) is 29.6 Å². The van der Waals surface area contributed by atoms with Crippen LogP contribution in [-0.2, 0) is 6.54 Å². The third kappa shape index (κ3) is 3.80. The number of nitrogens with zero attached hydrogens (tertiary/aromatic N) is 4. The summed E-state index contributed by atoms with van der Waals surface area (Å²) in [5.74, 6) is -0.784. The Morgan fingerprint density at radius 3 is 2.56 bits per heavy atom. The lowest BCUT2D eigenvalue weighted by atomic mass is 10.2. The van der Waals surface area contributed by atoms with E-state index in [0.717, 1.165) is 5.56 Å². The molecule has 1 N–H and O–H groups in total. The molecule has 0 spiro atoms. The molecule has 0 atom stereocenters. The number of aromatic nitrogens is 3. The molecule has 3 aromatic rings.